The quantitative estimate of drug-likeness (QED) is 0.727. The van der Waals surface area contributed by atoms with Crippen molar-refractivity contribution in [2.45, 2.75) is 19.4 Å². The third-order valence-electron chi connectivity index (χ3n) is 4.44. The molecule has 1 aromatic carbocycles. The van der Waals surface area contributed by atoms with Gasteiger partial charge in [-0.1, -0.05) is 18.2 Å². The van der Waals surface area contributed by atoms with Crippen LogP contribution in [0.2, 0.25) is 0 Å². The summed E-state index contributed by atoms with van der Waals surface area (Å²) in [5, 5.41) is 7.10. The van der Waals surface area contributed by atoms with Crippen LogP contribution in [0.3, 0.4) is 0 Å². The molecule has 4 rings (SSSR count). The van der Waals surface area contributed by atoms with Crippen molar-refractivity contribution >= 4 is 12.5 Å². The summed E-state index contributed by atoms with van der Waals surface area (Å²) < 4.78 is 14.5. The minimum atomic E-state index is -0.284. The largest absolute Gasteiger partial charge is 0.383 e. The number of hydrogen-bond acceptors (Lipinski definition) is 4. The smallest absolute Gasteiger partial charge is 0.131 e. The van der Waals surface area contributed by atoms with E-state index < -0.39 is 0 Å². The van der Waals surface area contributed by atoms with Crippen molar-refractivity contribution in [3.63, 3.8) is 0 Å². The Hall–Kier alpha value is -3.02. The maximum absolute atomic E-state index is 14.5. The zero-order valence-electron chi connectivity index (χ0n) is 13.0. The average Bonchev–Trinajstić information content (AvgIpc) is 3.06. The summed E-state index contributed by atoms with van der Waals surface area (Å²) in [5.41, 5.74) is 11.9. The van der Waals surface area contributed by atoms with E-state index in [0.29, 0.717) is 17.9 Å². The van der Waals surface area contributed by atoms with E-state index in [0.717, 1.165) is 46.5 Å². The Labute approximate surface area is 138 Å². The van der Waals surface area contributed by atoms with Gasteiger partial charge in [-0.15, -0.1) is 0 Å². The molecule has 1 aliphatic rings. The lowest BCUT2D eigenvalue weighted by Crippen LogP contribution is -2.12. The standard InChI is InChI=1S/C18H16FN5/c1-21-8-13-16(10-4-2-3-5-14(10)19)11-6-7-15-12(9-22-24-15)17(11)23-18(13)20/h2-5,9H,1,6-8H2,(H2,20,23)(H,22,24). The van der Waals surface area contributed by atoms with Gasteiger partial charge in [0.1, 0.15) is 11.6 Å². The van der Waals surface area contributed by atoms with Crippen molar-refractivity contribution in [3.8, 4) is 22.4 Å². The Morgan fingerprint density at radius 2 is 2.08 bits per heavy atom. The maximum Gasteiger partial charge on any atom is 0.131 e. The first-order valence-corrected chi connectivity index (χ1v) is 7.72. The molecule has 1 aliphatic carbocycles. The van der Waals surface area contributed by atoms with E-state index in [1.807, 2.05) is 6.07 Å². The SMILES string of the molecule is C=NCc1c(N)nc2c(c1-c1ccccc1F)CCc1[nH]ncc1-2. The van der Waals surface area contributed by atoms with Gasteiger partial charge in [0.15, 0.2) is 0 Å². The predicted octanol–water partition coefficient (Wildman–Crippen LogP) is 3.16. The third-order valence-corrected chi connectivity index (χ3v) is 4.44. The molecule has 0 unspecified atom stereocenters. The fourth-order valence-corrected chi connectivity index (χ4v) is 3.37. The molecule has 3 N–H and O–H groups in total. The molecule has 120 valence electrons. The van der Waals surface area contributed by atoms with Crippen LogP contribution >= 0.6 is 0 Å². The molecule has 0 bridgehead atoms. The Balaban J connectivity index is 2.07. The first-order valence-electron chi connectivity index (χ1n) is 7.72. The van der Waals surface area contributed by atoms with Gasteiger partial charge in [-0.3, -0.25) is 10.1 Å². The Morgan fingerprint density at radius 1 is 1.25 bits per heavy atom. The first-order chi connectivity index (χ1) is 11.7. The number of pyridine rings is 1. The van der Waals surface area contributed by atoms with Crippen LogP contribution in [0.25, 0.3) is 22.4 Å². The van der Waals surface area contributed by atoms with E-state index in [2.05, 4.69) is 26.9 Å². The van der Waals surface area contributed by atoms with E-state index in [4.69, 9.17) is 5.73 Å². The van der Waals surface area contributed by atoms with E-state index in [1.165, 1.54) is 6.07 Å². The van der Waals surface area contributed by atoms with Gasteiger partial charge in [0.05, 0.1) is 18.4 Å². The second kappa shape index (κ2) is 5.56. The monoisotopic (exact) mass is 321 g/mol. The van der Waals surface area contributed by atoms with Crippen LogP contribution in [0.1, 0.15) is 16.8 Å². The number of anilines is 1. The van der Waals surface area contributed by atoms with Gasteiger partial charge in [0.25, 0.3) is 0 Å². The lowest BCUT2D eigenvalue weighted by molar-refractivity contribution is 0.631. The minimum absolute atomic E-state index is 0.284. The van der Waals surface area contributed by atoms with Crippen LogP contribution < -0.4 is 5.73 Å². The number of aromatic amines is 1. The number of nitrogens with zero attached hydrogens (tertiary/aromatic N) is 3. The number of fused-ring (bicyclic) bond motifs is 3. The molecule has 0 fully saturated rings. The number of aromatic nitrogens is 3. The molecule has 2 heterocycles. The van der Waals surface area contributed by atoms with Crippen molar-refractivity contribution in [2.24, 2.45) is 4.99 Å². The number of benzene rings is 1. The van der Waals surface area contributed by atoms with Gasteiger partial charge >= 0.3 is 0 Å². The molecule has 0 saturated heterocycles. The highest BCUT2D eigenvalue weighted by atomic mass is 19.1. The Kier molecular flexibility index (Phi) is 3.37. The van der Waals surface area contributed by atoms with Crippen LogP contribution in [0.5, 0.6) is 0 Å². The van der Waals surface area contributed by atoms with E-state index >= 15 is 0 Å². The van der Waals surface area contributed by atoms with Crippen LogP contribution in [0.15, 0.2) is 35.5 Å². The zero-order chi connectivity index (χ0) is 16.7. The van der Waals surface area contributed by atoms with Gasteiger partial charge in [-0.25, -0.2) is 9.37 Å². The molecule has 6 heteroatoms. The van der Waals surface area contributed by atoms with Crippen molar-refractivity contribution in [2.75, 3.05) is 5.73 Å². The van der Waals surface area contributed by atoms with Crippen molar-refractivity contribution in [3.05, 3.63) is 53.1 Å². The van der Waals surface area contributed by atoms with E-state index in [9.17, 15) is 4.39 Å². The number of aryl methyl sites for hydroxylation is 1. The van der Waals surface area contributed by atoms with Crippen molar-refractivity contribution in [1.82, 2.24) is 15.2 Å². The van der Waals surface area contributed by atoms with Gasteiger partial charge in [0.2, 0.25) is 0 Å². The number of nitrogen functional groups attached to an aromatic ring is 1. The number of nitrogens with two attached hydrogens (primary N) is 1. The third kappa shape index (κ3) is 2.11. The molecule has 0 spiro atoms. The normalized spacial score (nSPS) is 12.5. The molecule has 3 aromatic rings. The number of halogens is 1. The summed E-state index contributed by atoms with van der Waals surface area (Å²) in [6, 6.07) is 6.71. The first kappa shape index (κ1) is 14.6. The fraction of sp³-hybridized carbons (Fsp3) is 0.167. The van der Waals surface area contributed by atoms with Crippen molar-refractivity contribution in [1.29, 1.82) is 0 Å². The molecule has 24 heavy (non-hydrogen) atoms. The summed E-state index contributed by atoms with van der Waals surface area (Å²) in [4.78, 5) is 8.52. The van der Waals surface area contributed by atoms with Crippen molar-refractivity contribution < 1.29 is 4.39 Å². The van der Waals surface area contributed by atoms with Gasteiger partial charge in [-0.05, 0) is 36.8 Å². The summed E-state index contributed by atoms with van der Waals surface area (Å²) in [7, 11) is 0. The van der Waals surface area contributed by atoms with Crippen LogP contribution in [-0.2, 0) is 19.4 Å². The summed E-state index contributed by atoms with van der Waals surface area (Å²) in [6.45, 7) is 3.85. The van der Waals surface area contributed by atoms with Crippen LogP contribution in [0.4, 0.5) is 10.2 Å². The molecular formula is C18H16FN5. The molecule has 0 radical (unpaired) electrons. The Bertz CT molecular complexity index is 945. The summed E-state index contributed by atoms with van der Waals surface area (Å²) >= 11 is 0. The molecule has 0 atom stereocenters. The number of nitrogens with one attached hydrogen (secondary N) is 1. The summed E-state index contributed by atoms with van der Waals surface area (Å²) in [6.07, 6.45) is 3.29. The minimum Gasteiger partial charge on any atom is -0.383 e. The fourth-order valence-electron chi connectivity index (χ4n) is 3.37. The highest BCUT2D eigenvalue weighted by molar-refractivity contribution is 5.84. The highest BCUT2D eigenvalue weighted by Crippen LogP contribution is 2.41. The van der Waals surface area contributed by atoms with Crippen LogP contribution in [0, 0.1) is 5.82 Å². The lowest BCUT2D eigenvalue weighted by Gasteiger charge is -2.23. The van der Waals surface area contributed by atoms with Gasteiger partial charge in [-0.2, -0.15) is 5.10 Å². The number of hydrogen-bond donors (Lipinski definition) is 2. The lowest BCUT2D eigenvalue weighted by atomic mass is 9.85. The summed E-state index contributed by atoms with van der Waals surface area (Å²) in [5.74, 6) is 0.0713. The average molecular weight is 321 g/mol. The molecule has 0 saturated carbocycles. The molecular weight excluding hydrogens is 305 g/mol. The molecule has 0 amide bonds. The number of aliphatic imine (C=N–C) groups is 1. The maximum atomic E-state index is 14.5. The zero-order valence-corrected chi connectivity index (χ0v) is 13.0. The second-order valence-electron chi connectivity index (χ2n) is 5.80. The topological polar surface area (TPSA) is 80.0 Å². The van der Waals surface area contributed by atoms with Crippen LogP contribution in [-0.4, -0.2) is 21.9 Å². The van der Waals surface area contributed by atoms with E-state index in [-0.39, 0.29) is 5.82 Å². The van der Waals surface area contributed by atoms with Gasteiger partial charge in [0, 0.05) is 22.4 Å². The van der Waals surface area contributed by atoms with E-state index in [1.54, 1.807) is 18.3 Å². The molecule has 5 nitrogen and oxygen atoms in total. The molecule has 0 aliphatic heterocycles. The number of rotatable bonds is 3. The highest BCUT2D eigenvalue weighted by Gasteiger charge is 2.27. The van der Waals surface area contributed by atoms with Gasteiger partial charge < -0.3 is 5.73 Å². The predicted molar refractivity (Wildman–Crippen MR) is 92.3 cm³/mol. The second-order valence-corrected chi connectivity index (χ2v) is 5.80. The molecule has 2 aromatic heterocycles. The Morgan fingerprint density at radius 3 is 2.88 bits per heavy atom. The number of H-pyrrole nitrogens is 1.